The fourth-order valence-corrected chi connectivity index (χ4v) is 5.52. The molecule has 4 fully saturated rings. The zero-order valence-corrected chi connectivity index (χ0v) is 17.5. The summed E-state index contributed by atoms with van der Waals surface area (Å²) in [7, 11) is 0. The van der Waals surface area contributed by atoms with Crippen LogP contribution < -0.4 is 10.6 Å². The average molecular weight is 395 g/mol. The van der Waals surface area contributed by atoms with Crippen molar-refractivity contribution in [2.75, 3.05) is 6.54 Å². The summed E-state index contributed by atoms with van der Waals surface area (Å²) in [5.41, 5.74) is -0.681. The van der Waals surface area contributed by atoms with Crippen LogP contribution in [-0.2, 0) is 19.1 Å². The number of rotatable bonds is 6. The monoisotopic (exact) mass is 394 g/mol. The lowest BCUT2D eigenvalue weighted by molar-refractivity contribution is -0.156. The third-order valence-electron chi connectivity index (χ3n) is 6.10. The van der Waals surface area contributed by atoms with Crippen LogP contribution in [0, 0.1) is 17.8 Å². The zero-order valence-electron chi connectivity index (χ0n) is 17.5. The quantitative estimate of drug-likeness (QED) is 0.676. The molecule has 0 aliphatic heterocycles. The summed E-state index contributed by atoms with van der Waals surface area (Å²) in [6, 6.07) is 0. The molecule has 0 aromatic carbocycles. The summed E-state index contributed by atoms with van der Waals surface area (Å²) in [6.07, 6.45) is 5.70. The largest absolute Gasteiger partial charge is 0.452 e. The van der Waals surface area contributed by atoms with Crippen LogP contribution in [-0.4, -0.2) is 41.8 Å². The standard InChI is InChI=1S/C21H34N2O5/c1-13(27-17(24)5-6-22-19(26)28-20(2,3)4)18(25)23-21-10-14-7-15(11-21)9-16(8-14)12-21/h13-16H,5-12H2,1-4H3,(H,22,26)(H,23,25)/t13-,14?,15?,16?,21?/m0/s1. The smallest absolute Gasteiger partial charge is 0.407 e. The van der Waals surface area contributed by atoms with Gasteiger partial charge in [-0.2, -0.15) is 0 Å². The molecule has 4 saturated carbocycles. The first-order chi connectivity index (χ1) is 13.0. The number of carbonyl (C=O) groups is 3. The van der Waals surface area contributed by atoms with Gasteiger partial charge in [0.05, 0.1) is 6.42 Å². The maximum atomic E-state index is 12.6. The molecule has 158 valence electrons. The van der Waals surface area contributed by atoms with E-state index in [-0.39, 0.29) is 24.4 Å². The van der Waals surface area contributed by atoms with Crippen LogP contribution in [0.2, 0.25) is 0 Å². The van der Waals surface area contributed by atoms with Gasteiger partial charge >= 0.3 is 12.1 Å². The molecule has 4 bridgehead atoms. The van der Waals surface area contributed by atoms with Gasteiger partial charge in [0.25, 0.3) is 5.91 Å². The normalized spacial score (nSPS) is 31.8. The Morgan fingerprint density at radius 2 is 1.57 bits per heavy atom. The van der Waals surface area contributed by atoms with Crippen LogP contribution in [0.5, 0.6) is 0 Å². The summed E-state index contributed by atoms with van der Waals surface area (Å²) < 4.78 is 10.4. The second-order valence-electron chi connectivity index (χ2n) is 10.00. The highest BCUT2D eigenvalue weighted by atomic mass is 16.6. The van der Waals surface area contributed by atoms with Gasteiger partial charge in [-0.3, -0.25) is 9.59 Å². The number of hydrogen-bond donors (Lipinski definition) is 2. The third kappa shape index (κ3) is 5.39. The van der Waals surface area contributed by atoms with Crippen LogP contribution >= 0.6 is 0 Å². The predicted octanol–water partition coefficient (Wildman–Crippen LogP) is 2.92. The Bertz CT molecular complexity index is 589. The highest BCUT2D eigenvalue weighted by molar-refractivity contribution is 5.84. The Kier molecular flexibility index (Phi) is 5.92. The molecule has 28 heavy (non-hydrogen) atoms. The van der Waals surface area contributed by atoms with E-state index in [4.69, 9.17) is 9.47 Å². The Morgan fingerprint density at radius 3 is 2.07 bits per heavy atom. The molecule has 0 radical (unpaired) electrons. The maximum absolute atomic E-state index is 12.6. The topological polar surface area (TPSA) is 93.7 Å². The number of esters is 1. The molecule has 2 N–H and O–H groups in total. The van der Waals surface area contributed by atoms with E-state index >= 15 is 0 Å². The van der Waals surface area contributed by atoms with Gasteiger partial charge in [-0.25, -0.2) is 4.79 Å². The van der Waals surface area contributed by atoms with E-state index in [9.17, 15) is 14.4 Å². The van der Waals surface area contributed by atoms with E-state index in [2.05, 4.69) is 10.6 Å². The molecule has 4 rings (SSSR count). The molecule has 0 aromatic heterocycles. The minimum absolute atomic E-state index is 0.00573. The Morgan fingerprint density at radius 1 is 1.04 bits per heavy atom. The van der Waals surface area contributed by atoms with Crippen molar-refractivity contribution in [1.29, 1.82) is 0 Å². The molecular formula is C21H34N2O5. The first-order valence-electron chi connectivity index (χ1n) is 10.5. The Labute approximate surface area is 167 Å². The molecule has 0 unspecified atom stereocenters. The number of ether oxygens (including phenoxy) is 2. The summed E-state index contributed by atoms with van der Waals surface area (Å²) in [5.74, 6) is 1.50. The zero-order chi connectivity index (χ0) is 20.5. The van der Waals surface area contributed by atoms with Crippen molar-refractivity contribution in [1.82, 2.24) is 10.6 Å². The molecule has 4 aliphatic carbocycles. The van der Waals surface area contributed by atoms with Crippen molar-refractivity contribution in [2.24, 2.45) is 17.8 Å². The van der Waals surface area contributed by atoms with Crippen LogP contribution in [0.4, 0.5) is 4.79 Å². The third-order valence-corrected chi connectivity index (χ3v) is 6.10. The van der Waals surface area contributed by atoms with Gasteiger partial charge in [-0.1, -0.05) is 0 Å². The number of carbonyl (C=O) groups excluding carboxylic acids is 3. The van der Waals surface area contributed by atoms with Crippen molar-refractivity contribution < 1.29 is 23.9 Å². The van der Waals surface area contributed by atoms with Crippen molar-refractivity contribution in [3.05, 3.63) is 0 Å². The van der Waals surface area contributed by atoms with Gasteiger partial charge in [-0.15, -0.1) is 0 Å². The SMILES string of the molecule is C[C@H](OC(=O)CCNC(=O)OC(C)(C)C)C(=O)NC12CC3CC(CC(C3)C1)C2. The Balaban J connectivity index is 1.39. The van der Waals surface area contributed by atoms with E-state index in [1.807, 2.05) is 0 Å². The molecule has 4 aliphatic rings. The molecule has 0 spiro atoms. The van der Waals surface area contributed by atoms with Crippen molar-refractivity contribution in [3.63, 3.8) is 0 Å². The van der Waals surface area contributed by atoms with Gasteiger partial charge in [0.15, 0.2) is 6.10 Å². The number of alkyl carbamates (subject to hydrolysis) is 1. The van der Waals surface area contributed by atoms with E-state index in [1.54, 1.807) is 27.7 Å². The minimum atomic E-state index is -0.831. The average Bonchev–Trinajstić information content (AvgIpc) is 2.51. The fourth-order valence-electron chi connectivity index (χ4n) is 5.52. The molecule has 0 saturated heterocycles. The lowest BCUT2D eigenvalue weighted by Crippen LogP contribution is -2.61. The van der Waals surface area contributed by atoms with E-state index in [1.165, 1.54) is 19.3 Å². The molecule has 2 amide bonds. The predicted molar refractivity (Wildman–Crippen MR) is 103 cm³/mol. The second-order valence-corrected chi connectivity index (χ2v) is 10.00. The molecule has 0 heterocycles. The molecule has 7 nitrogen and oxygen atoms in total. The van der Waals surface area contributed by atoms with E-state index < -0.39 is 23.8 Å². The summed E-state index contributed by atoms with van der Waals surface area (Å²) in [5, 5.41) is 5.74. The lowest BCUT2D eigenvalue weighted by atomic mass is 9.53. The van der Waals surface area contributed by atoms with Crippen LogP contribution in [0.15, 0.2) is 0 Å². The highest BCUT2D eigenvalue weighted by Gasteiger charge is 2.51. The van der Waals surface area contributed by atoms with Gasteiger partial charge in [0, 0.05) is 12.1 Å². The highest BCUT2D eigenvalue weighted by Crippen LogP contribution is 2.55. The van der Waals surface area contributed by atoms with E-state index in [0.717, 1.165) is 37.0 Å². The van der Waals surface area contributed by atoms with Crippen molar-refractivity contribution >= 4 is 18.0 Å². The number of nitrogens with one attached hydrogen (secondary N) is 2. The number of amides is 2. The van der Waals surface area contributed by atoms with Crippen LogP contribution in [0.1, 0.15) is 72.6 Å². The van der Waals surface area contributed by atoms with Gasteiger partial charge in [0.1, 0.15) is 5.60 Å². The first-order valence-corrected chi connectivity index (χ1v) is 10.5. The molecule has 1 atom stereocenters. The first kappa shape index (κ1) is 20.9. The number of hydrogen-bond acceptors (Lipinski definition) is 5. The Hall–Kier alpha value is -1.79. The minimum Gasteiger partial charge on any atom is -0.452 e. The molecule has 7 heteroatoms. The van der Waals surface area contributed by atoms with Gasteiger partial charge in [0.2, 0.25) is 0 Å². The fraction of sp³-hybridized carbons (Fsp3) is 0.857. The van der Waals surface area contributed by atoms with Crippen molar-refractivity contribution in [2.45, 2.75) is 89.9 Å². The van der Waals surface area contributed by atoms with Gasteiger partial charge in [-0.05, 0) is 84.0 Å². The maximum Gasteiger partial charge on any atom is 0.407 e. The van der Waals surface area contributed by atoms with E-state index in [0.29, 0.717) is 0 Å². The molecular weight excluding hydrogens is 360 g/mol. The van der Waals surface area contributed by atoms with Crippen LogP contribution in [0.3, 0.4) is 0 Å². The van der Waals surface area contributed by atoms with Crippen molar-refractivity contribution in [3.8, 4) is 0 Å². The van der Waals surface area contributed by atoms with Gasteiger partial charge < -0.3 is 20.1 Å². The molecule has 0 aromatic rings. The summed E-state index contributed by atoms with van der Waals surface area (Å²) in [4.78, 5) is 36.2. The van der Waals surface area contributed by atoms with Crippen LogP contribution in [0.25, 0.3) is 0 Å². The second kappa shape index (κ2) is 7.91. The lowest BCUT2D eigenvalue weighted by Gasteiger charge is -2.57. The summed E-state index contributed by atoms with van der Waals surface area (Å²) >= 11 is 0. The summed E-state index contributed by atoms with van der Waals surface area (Å²) in [6.45, 7) is 7.02.